The summed E-state index contributed by atoms with van der Waals surface area (Å²) < 4.78 is 39.8. The Morgan fingerprint density at radius 2 is 2.00 bits per heavy atom. The van der Waals surface area contributed by atoms with E-state index in [1.165, 1.54) is 6.92 Å². The van der Waals surface area contributed by atoms with E-state index in [-0.39, 0.29) is 19.4 Å². The zero-order chi connectivity index (χ0) is 14.2. The van der Waals surface area contributed by atoms with Gasteiger partial charge in [0, 0.05) is 6.61 Å². The monoisotopic (exact) mass is 271 g/mol. The first kappa shape index (κ1) is 17.2. The zero-order valence-electron chi connectivity index (χ0n) is 10.6. The lowest BCUT2D eigenvalue weighted by Crippen LogP contribution is -2.49. The number of hydrogen-bond donors (Lipinski definition) is 2. The van der Waals surface area contributed by atoms with Crippen molar-refractivity contribution in [3.63, 3.8) is 0 Å². The molecule has 0 heterocycles. The Morgan fingerprint density at radius 3 is 2.44 bits per heavy atom. The molecule has 108 valence electrons. The third-order valence-electron chi connectivity index (χ3n) is 2.47. The van der Waals surface area contributed by atoms with Crippen molar-refractivity contribution in [3.8, 4) is 0 Å². The molecular formula is C11H20F3NO3. The fraction of sp³-hybridized carbons (Fsp3) is 0.909. The Kier molecular flexibility index (Phi) is 7.23. The molecule has 4 nitrogen and oxygen atoms in total. The van der Waals surface area contributed by atoms with Gasteiger partial charge in [-0.3, -0.25) is 4.79 Å². The first-order valence-corrected chi connectivity index (χ1v) is 5.84. The van der Waals surface area contributed by atoms with Gasteiger partial charge in [-0.25, -0.2) is 0 Å². The summed E-state index contributed by atoms with van der Waals surface area (Å²) in [5.74, 6) is -1.01. The van der Waals surface area contributed by atoms with Crippen molar-refractivity contribution in [3.05, 3.63) is 0 Å². The average Bonchev–Trinajstić information content (AvgIpc) is 2.24. The molecule has 0 aromatic rings. The second kappa shape index (κ2) is 7.58. The molecule has 7 heteroatoms. The van der Waals surface area contributed by atoms with Crippen LogP contribution in [0.25, 0.3) is 0 Å². The van der Waals surface area contributed by atoms with Crippen LogP contribution in [0.1, 0.15) is 33.1 Å². The maximum Gasteiger partial charge on any atom is 0.411 e. The van der Waals surface area contributed by atoms with Crippen LogP contribution in [0.3, 0.4) is 0 Å². The molecule has 0 amide bonds. The minimum absolute atomic E-state index is 0.101. The molecule has 18 heavy (non-hydrogen) atoms. The van der Waals surface area contributed by atoms with Crippen molar-refractivity contribution >= 4 is 5.97 Å². The van der Waals surface area contributed by atoms with Crippen molar-refractivity contribution in [1.82, 2.24) is 5.32 Å². The van der Waals surface area contributed by atoms with E-state index in [1.807, 2.05) is 6.92 Å². The van der Waals surface area contributed by atoms with Crippen LogP contribution in [0, 0.1) is 0 Å². The van der Waals surface area contributed by atoms with E-state index in [2.05, 4.69) is 10.1 Å². The highest BCUT2D eigenvalue weighted by Gasteiger charge is 2.32. The number of carbonyl (C=O) groups is 1. The van der Waals surface area contributed by atoms with Gasteiger partial charge in [0.25, 0.3) is 0 Å². The molecule has 0 spiro atoms. The number of aliphatic carboxylic acids is 1. The van der Waals surface area contributed by atoms with Crippen LogP contribution >= 0.6 is 0 Å². The number of halogens is 3. The summed E-state index contributed by atoms with van der Waals surface area (Å²) in [6.45, 7) is 2.58. The summed E-state index contributed by atoms with van der Waals surface area (Å²) in [6.07, 6.45) is -3.07. The highest BCUT2D eigenvalue weighted by molar-refractivity contribution is 5.78. The predicted octanol–water partition coefficient (Wildman–Crippen LogP) is 2.19. The van der Waals surface area contributed by atoms with Gasteiger partial charge in [-0.2, -0.15) is 13.2 Å². The van der Waals surface area contributed by atoms with Crippen LogP contribution < -0.4 is 5.32 Å². The first-order chi connectivity index (χ1) is 8.21. The van der Waals surface area contributed by atoms with Gasteiger partial charge < -0.3 is 15.2 Å². The maximum atomic E-state index is 11.8. The fourth-order valence-electron chi connectivity index (χ4n) is 1.39. The molecule has 0 aliphatic heterocycles. The molecule has 0 saturated heterocycles. The molecule has 0 fully saturated rings. The molecule has 0 aromatic heterocycles. The molecule has 2 N–H and O–H groups in total. The average molecular weight is 271 g/mol. The van der Waals surface area contributed by atoms with Crippen molar-refractivity contribution < 1.29 is 27.8 Å². The molecule has 0 saturated carbocycles. The van der Waals surface area contributed by atoms with Crippen LogP contribution in [0.2, 0.25) is 0 Å². The van der Waals surface area contributed by atoms with Gasteiger partial charge >= 0.3 is 12.1 Å². The van der Waals surface area contributed by atoms with Crippen molar-refractivity contribution in [2.45, 2.75) is 44.8 Å². The summed E-state index contributed by atoms with van der Waals surface area (Å²) in [5, 5.41) is 11.9. The molecular weight excluding hydrogens is 251 g/mol. The van der Waals surface area contributed by atoms with Gasteiger partial charge in [0.15, 0.2) is 0 Å². The third kappa shape index (κ3) is 7.50. The predicted molar refractivity (Wildman–Crippen MR) is 60.4 cm³/mol. The van der Waals surface area contributed by atoms with E-state index in [0.717, 1.165) is 6.42 Å². The SMILES string of the molecule is CCCNC(C)(CCCOCC(F)(F)F)C(=O)O. The minimum Gasteiger partial charge on any atom is -0.480 e. The topological polar surface area (TPSA) is 58.6 Å². The van der Waals surface area contributed by atoms with E-state index in [9.17, 15) is 18.0 Å². The molecule has 0 aliphatic carbocycles. The fourth-order valence-corrected chi connectivity index (χ4v) is 1.39. The van der Waals surface area contributed by atoms with E-state index >= 15 is 0 Å². The van der Waals surface area contributed by atoms with E-state index in [1.54, 1.807) is 0 Å². The third-order valence-corrected chi connectivity index (χ3v) is 2.47. The summed E-state index contributed by atoms with van der Waals surface area (Å²) in [7, 11) is 0. The number of hydrogen-bond acceptors (Lipinski definition) is 3. The Labute approximate surface area is 105 Å². The van der Waals surface area contributed by atoms with Gasteiger partial charge in [-0.15, -0.1) is 0 Å². The van der Waals surface area contributed by atoms with Gasteiger partial charge in [0.2, 0.25) is 0 Å². The standard InChI is InChI=1S/C11H20F3NO3/c1-3-6-15-10(2,9(16)17)5-4-7-18-8-11(12,13)14/h15H,3-8H2,1-2H3,(H,16,17). The molecule has 1 unspecified atom stereocenters. The maximum absolute atomic E-state index is 11.8. The second-order valence-electron chi connectivity index (χ2n) is 4.34. The largest absolute Gasteiger partial charge is 0.480 e. The van der Waals surface area contributed by atoms with Gasteiger partial charge in [-0.1, -0.05) is 6.92 Å². The Hall–Kier alpha value is -0.820. The lowest BCUT2D eigenvalue weighted by molar-refractivity contribution is -0.174. The van der Waals surface area contributed by atoms with Crippen molar-refractivity contribution in [1.29, 1.82) is 0 Å². The van der Waals surface area contributed by atoms with E-state index in [4.69, 9.17) is 5.11 Å². The Bertz CT molecular complexity index is 258. The van der Waals surface area contributed by atoms with Gasteiger partial charge in [-0.05, 0) is 32.7 Å². The summed E-state index contributed by atoms with van der Waals surface area (Å²) >= 11 is 0. The zero-order valence-corrected chi connectivity index (χ0v) is 10.6. The highest BCUT2D eigenvalue weighted by Crippen LogP contribution is 2.16. The van der Waals surface area contributed by atoms with Crippen LogP contribution in [-0.4, -0.2) is 42.5 Å². The number of rotatable bonds is 9. The summed E-state index contributed by atoms with van der Waals surface area (Å²) in [4.78, 5) is 11.1. The number of carboxylic acid groups (broad SMARTS) is 1. The molecule has 0 aliphatic rings. The van der Waals surface area contributed by atoms with Gasteiger partial charge in [0.1, 0.15) is 12.1 Å². The smallest absolute Gasteiger partial charge is 0.411 e. The van der Waals surface area contributed by atoms with E-state index < -0.39 is 24.3 Å². The number of carboxylic acids is 1. The lowest BCUT2D eigenvalue weighted by atomic mass is 9.96. The molecule has 1 atom stereocenters. The number of alkyl halides is 3. The molecule has 0 aromatic carbocycles. The quantitative estimate of drug-likeness (QED) is 0.631. The summed E-state index contributed by atoms with van der Waals surface area (Å²) in [6, 6.07) is 0. The van der Waals surface area contributed by atoms with Gasteiger partial charge in [0.05, 0.1) is 0 Å². The van der Waals surface area contributed by atoms with Crippen LogP contribution in [-0.2, 0) is 9.53 Å². The van der Waals surface area contributed by atoms with Crippen LogP contribution in [0.4, 0.5) is 13.2 Å². The first-order valence-electron chi connectivity index (χ1n) is 5.84. The Morgan fingerprint density at radius 1 is 1.39 bits per heavy atom. The summed E-state index contributed by atoms with van der Waals surface area (Å²) in [5.41, 5.74) is -1.11. The number of ether oxygens (including phenoxy) is 1. The second-order valence-corrected chi connectivity index (χ2v) is 4.34. The minimum atomic E-state index is -4.34. The highest BCUT2D eigenvalue weighted by atomic mass is 19.4. The van der Waals surface area contributed by atoms with E-state index in [0.29, 0.717) is 6.54 Å². The molecule has 0 rings (SSSR count). The molecule has 0 radical (unpaired) electrons. The van der Waals surface area contributed by atoms with Crippen molar-refractivity contribution in [2.75, 3.05) is 19.8 Å². The van der Waals surface area contributed by atoms with Crippen LogP contribution in [0.15, 0.2) is 0 Å². The molecule has 0 bridgehead atoms. The number of nitrogens with one attached hydrogen (secondary N) is 1. The normalized spacial score (nSPS) is 15.4. The lowest BCUT2D eigenvalue weighted by Gasteiger charge is -2.26. The van der Waals surface area contributed by atoms with Crippen LogP contribution in [0.5, 0.6) is 0 Å². The Balaban J connectivity index is 3.95. The van der Waals surface area contributed by atoms with Crippen molar-refractivity contribution in [2.24, 2.45) is 0 Å².